The Hall–Kier alpha value is -0.0900. The van der Waals surface area contributed by atoms with Gasteiger partial charge < -0.3 is 5.32 Å². The maximum absolute atomic E-state index is 3.69. The first kappa shape index (κ1) is 12.4. The van der Waals surface area contributed by atoms with E-state index in [-0.39, 0.29) is 12.4 Å². The van der Waals surface area contributed by atoms with E-state index in [1.165, 1.54) is 35.1 Å². The van der Waals surface area contributed by atoms with Crippen molar-refractivity contribution in [1.29, 1.82) is 0 Å². The van der Waals surface area contributed by atoms with Crippen LogP contribution in [0.25, 0.3) is 0 Å². The third kappa shape index (κ3) is 2.02. The third-order valence-corrected chi connectivity index (χ3v) is 4.19. The van der Waals surface area contributed by atoms with Crippen molar-refractivity contribution in [2.24, 2.45) is 0 Å². The lowest BCUT2D eigenvalue weighted by Gasteiger charge is -2.41. The Morgan fingerprint density at radius 3 is 3.06 bits per heavy atom. The molecule has 3 rings (SSSR count). The average Bonchev–Trinajstić information content (AvgIpc) is 2.29. The molecule has 4 heteroatoms. The van der Waals surface area contributed by atoms with E-state index in [1.54, 1.807) is 0 Å². The number of rotatable bonds is 0. The zero-order chi connectivity index (χ0) is 10.3. The number of nitrogens with one attached hydrogen (secondary N) is 1. The Morgan fingerprint density at radius 2 is 2.19 bits per heavy atom. The summed E-state index contributed by atoms with van der Waals surface area (Å²) in [5, 5.41) is 3.49. The predicted octanol–water partition coefficient (Wildman–Crippen LogP) is 2.37. The molecule has 0 aromatic heterocycles. The minimum Gasteiger partial charge on any atom is -0.314 e. The van der Waals surface area contributed by atoms with Crippen LogP contribution in [0.2, 0.25) is 0 Å². The first-order valence-corrected chi connectivity index (χ1v) is 6.37. The zero-order valence-corrected chi connectivity index (χ0v) is 11.5. The third-order valence-electron chi connectivity index (χ3n) is 3.50. The molecule has 1 fully saturated rings. The monoisotopic (exact) mass is 302 g/mol. The number of hydrogen-bond donors (Lipinski definition) is 1. The van der Waals surface area contributed by atoms with Gasteiger partial charge in [-0.2, -0.15) is 0 Å². The van der Waals surface area contributed by atoms with Gasteiger partial charge in [0.15, 0.2) is 0 Å². The number of benzene rings is 1. The van der Waals surface area contributed by atoms with E-state index in [0.717, 1.165) is 13.1 Å². The highest BCUT2D eigenvalue weighted by molar-refractivity contribution is 9.10. The summed E-state index contributed by atoms with van der Waals surface area (Å²) in [5.74, 6) is 0. The predicted molar refractivity (Wildman–Crippen MR) is 72.3 cm³/mol. The van der Waals surface area contributed by atoms with Crippen molar-refractivity contribution < 1.29 is 0 Å². The van der Waals surface area contributed by atoms with Crippen molar-refractivity contribution in [3.05, 3.63) is 33.8 Å². The van der Waals surface area contributed by atoms with Crippen LogP contribution in [0.5, 0.6) is 0 Å². The van der Waals surface area contributed by atoms with Gasteiger partial charge in [-0.15, -0.1) is 12.4 Å². The van der Waals surface area contributed by atoms with E-state index in [9.17, 15) is 0 Å². The van der Waals surface area contributed by atoms with Crippen LogP contribution in [0.1, 0.15) is 17.2 Å². The fraction of sp³-hybridized carbons (Fsp3) is 0.500. The Morgan fingerprint density at radius 1 is 1.31 bits per heavy atom. The lowest BCUT2D eigenvalue weighted by atomic mass is 9.91. The van der Waals surface area contributed by atoms with Crippen LogP contribution >= 0.6 is 28.3 Å². The van der Waals surface area contributed by atoms with Crippen LogP contribution in [0.4, 0.5) is 0 Å². The molecule has 1 atom stereocenters. The van der Waals surface area contributed by atoms with Crippen LogP contribution in [-0.2, 0) is 6.42 Å². The second-order valence-electron chi connectivity index (χ2n) is 4.32. The molecule has 2 aliphatic rings. The van der Waals surface area contributed by atoms with Gasteiger partial charge in [0.1, 0.15) is 0 Å². The number of nitrogens with zero attached hydrogens (tertiary/aromatic N) is 1. The smallest absolute Gasteiger partial charge is 0.0487 e. The summed E-state index contributed by atoms with van der Waals surface area (Å²) in [5.41, 5.74) is 3.03. The Balaban J connectivity index is 0.000000963. The molecule has 1 aromatic carbocycles. The number of fused-ring (bicyclic) bond motifs is 3. The number of halogens is 2. The molecular weight excluding hydrogens is 288 g/mol. The highest BCUT2D eigenvalue weighted by Gasteiger charge is 2.30. The van der Waals surface area contributed by atoms with Gasteiger partial charge in [-0.25, -0.2) is 0 Å². The van der Waals surface area contributed by atoms with Gasteiger partial charge in [-0.1, -0.05) is 28.1 Å². The Bertz CT molecular complexity index is 383. The van der Waals surface area contributed by atoms with E-state index in [2.05, 4.69) is 44.3 Å². The highest BCUT2D eigenvalue weighted by atomic mass is 79.9. The SMILES string of the molecule is Brc1cccc2c1C1CNCCN1CC2.Cl. The van der Waals surface area contributed by atoms with Gasteiger partial charge in [0, 0.05) is 36.7 Å². The van der Waals surface area contributed by atoms with Crippen molar-refractivity contribution in [3.63, 3.8) is 0 Å². The van der Waals surface area contributed by atoms with Gasteiger partial charge in [0.2, 0.25) is 0 Å². The fourth-order valence-corrected chi connectivity index (χ4v) is 3.41. The van der Waals surface area contributed by atoms with E-state index < -0.39 is 0 Å². The van der Waals surface area contributed by atoms with Gasteiger partial charge in [-0.05, 0) is 23.6 Å². The molecule has 0 amide bonds. The standard InChI is InChI=1S/C12H15BrN2.ClH/c13-10-3-1-2-9-4-6-15-7-5-14-8-11(15)12(9)10;/h1-3,11,14H,4-8H2;1H. The molecule has 2 nitrogen and oxygen atoms in total. The molecule has 1 saturated heterocycles. The zero-order valence-electron chi connectivity index (χ0n) is 9.08. The van der Waals surface area contributed by atoms with Crippen molar-refractivity contribution >= 4 is 28.3 Å². The summed E-state index contributed by atoms with van der Waals surface area (Å²) in [4.78, 5) is 2.60. The number of hydrogen-bond acceptors (Lipinski definition) is 2. The molecule has 2 aliphatic heterocycles. The molecule has 0 radical (unpaired) electrons. The maximum atomic E-state index is 3.69. The normalized spacial score (nSPS) is 24.2. The van der Waals surface area contributed by atoms with Crippen LogP contribution in [-0.4, -0.2) is 31.1 Å². The van der Waals surface area contributed by atoms with Gasteiger partial charge in [0.05, 0.1) is 0 Å². The minimum atomic E-state index is 0. The molecule has 88 valence electrons. The Kier molecular flexibility index (Phi) is 3.90. The molecule has 16 heavy (non-hydrogen) atoms. The molecule has 1 N–H and O–H groups in total. The molecule has 1 unspecified atom stereocenters. The topological polar surface area (TPSA) is 15.3 Å². The van der Waals surface area contributed by atoms with Crippen LogP contribution in [0.3, 0.4) is 0 Å². The molecule has 0 bridgehead atoms. The molecule has 0 aliphatic carbocycles. The minimum absolute atomic E-state index is 0. The average molecular weight is 304 g/mol. The van der Waals surface area contributed by atoms with Gasteiger partial charge in [0.25, 0.3) is 0 Å². The summed E-state index contributed by atoms with van der Waals surface area (Å²) >= 11 is 3.69. The summed E-state index contributed by atoms with van der Waals surface area (Å²) in [6.45, 7) is 4.63. The van der Waals surface area contributed by atoms with Crippen molar-refractivity contribution in [2.75, 3.05) is 26.2 Å². The van der Waals surface area contributed by atoms with Crippen LogP contribution in [0.15, 0.2) is 22.7 Å². The summed E-state index contributed by atoms with van der Waals surface area (Å²) in [6.07, 6.45) is 1.20. The second kappa shape index (κ2) is 5.05. The lowest BCUT2D eigenvalue weighted by molar-refractivity contribution is 0.151. The van der Waals surface area contributed by atoms with Crippen molar-refractivity contribution in [1.82, 2.24) is 10.2 Å². The van der Waals surface area contributed by atoms with Crippen molar-refractivity contribution in [2.45, 2.75) is 12.5 Å². The Labute approximate surface area is 111 Å². The van der Waals surface area contributed by atoms with Gasteiger partial charge in [-0.3, -0.25) is 4.90 Å². The maximum Gasteiger partial charge on any atom is 0.0487 e. The lowest BCUT2D eigenvalue weighted by Crippen LogP contribution is -2.49. The largest absolute Gasteiger partial charge is 0.314 e. The fourth-order valence-electron chi connectivity index (χ4n) is 2.74. The molecule has 0 saturated carbocycles. The van der Waals surface area contributed by atoms with E-state index in [0.29, 0.717) is 6.04 Å². The van der Waals surface area contributed by atoms with E-state index in [4.69, 9.17) is 0 Å². The van der Waals surface area contributed by atoms with Crippen LogP contribution in [0, 0.1) is 0 Å². The summed E-state index contributed by atoms with van der Waals surface area (Å²) in [6, 6.07) is 7.16. The molecule has 2 heterocycles. The van der Waals surface area contributed by atoms with Crippen molar-refractivity contribution in [3.8, 4) is 0 Å². The second-order valence-corrected chi connectivity index (χ2v) is 5.17. The first-order valence-electron chi connectivity index (χ1n) is 5.58. The first-order chi connectivity index (χ1) is 7.36. The van der Waals surface area contributed by atoms with Gasteiger partial charge >= 0.3 is 0 Å². The molecule has 0 spiro atoms. The quantitative estimate of drug-likeness (QED) is 0.791. The summed E-state index contributed by atoms with van der Waals surface area (Å²) < 4.78 is 1.28. The molecular formula is C12H16BrClN2. The highest BCUT2D eigenvalue weighted by Crippen LogP contribution is 2.35. The molecule has 1 aromatic rings. The van der Waals surface area contributed by atoms with Crippen LogP contribution < -0.4 is 5.32 Å². The summed E-state index contributed by atoms with van der Waals surface area (Å²) in [7, 11) is 0. The number of piperazine rings is 1. The van der Waals surface area contributed by atoms with E-state index >= 15 is 0 Å². The van der Waals surface area contributed by atoms with E-state index in [1.807, 2.05) is 0 Å².